The molecule has 0 saturated heterocycles. The standard InChI is InChI=1S/C22H26N3O2/c1-3-24(4-2)20-11-8-17-15-18(22(26)27-21(17)16-20)9-10-19-7-5-6-13-25(19)14-12-23/h5-11,13,15-16H,3-4,12,14,23H2,1-2H3/q+1. The lowest BCUT2D eigenvalue weighted by Gasteiger charge is -2.20. The van der Waals surface area contributed by atoms with Crippen LogP contribution in [0, 0.1) is 0 Å². The van der Waals surface area contributed by atoms with Gasteiger partial charge in [0.1, 0.15) is 5.58 Å². The van der Waals surface area contributed by atoms with E-state index < -0.39 is 0 Å². The molecule has 0 spiro atoms. The molecule has 0 aliphatic heterocycles. The fraction of sp³-hybridized carbons (Fsp3) is 0.273. The average Bonchev–Trinajstić information content (AvgIpc) is 2.68. The first-order valence-electron chi connectivity index (χ1n) is 9.35. The summed E-state index contributed by atoms with van der Waals surface area (Å²) in [7, 11) is 0. The van der Waals surface area contributed by atoms with E-state index in [2.05, 4.69) is 29.4 Å². The molecule has 2 aromatic heterocycles. The van der Waals surface area contributed by atoms with Crippen molar-refractivity contribution in [2.24, 2.45) is 5.73 Å². The summed E-state index contributed by atoms with van der Waals surface area (Å²) in [6.45, 7) is 7.32. The quantitative estimate of drug-likeness (QED) is 0.517. The van der Waals surface area contributed by atoms with Crippen LogP contribution in [0.3, 0.4) is 0 Å². The van der Waals surface area contributed by atoms with Crippen molar-refractivity contribution in [3.8, 4) is 0 Å². The van der Waals surface area contributed by atoms with E-state index in [9.17, 15) is 4.79 Å². The van der Waals surface area contributed by atoms with Crippen LogP contribution in [0.2, 0.25) is 0 Å². The fourth-order valence-corrected chi connectivity index (χ4v) is 3.18. The first kappa shape index (κ1) is 18.9. The number of nitrogens with zero attached hydrogens (tertiary/aromatic N) is 2. The summed E-state index contributed by atoms with van der Waals surface area (Å²) in [4.78, 5) is 14.6. The van der Waals surface area contributed by atoms with Gasteiger partial charge in [0, 0.05) is 48.4 Å². The van der Waals surface area contributed by atoms with E-state index in [0.717, 1.165) is 36.4 Å². The molecule has 0 unspecified atom stereocenters. The Hall–Kier alpha value is -2.92. The summed E-state index contributed by atoms with van der Waals surface area (Å²) in [6.07, 6.45) is 5.69. The zero-order valence-electron chi connectivity index (χ0n) is 15.9. The minimum absolute atomic E-state index is 0.336. The van der Waals surface area contributed by atoms with Gasteiger partial charge in [-0.25, -0.2) is 4.79 Å². The average molecular weight is 364 g/mol. The highest BCUT2D eigenvalue weighted by molar-refractivity contribution is 5.83. The summed E-state index contributed by atoms with van der Waals surface area (Å²) >= 11 is 0. The van der Waals surface area contributed by atoms with Crippen molar-refractivity contribution in [3.05, 3.63) is 70.3 Å². The summed E-state index contributed by atoms with van der Waals surface area (Å²) < 4.78 is 7.63. The molecule has 140 valence electrons. The van der Waals surface area contributed by atoms with Gasteiger partial charge in [-0.15, -0.1) is 0 Å². The van der Waals surface area contributed by atoms with Gasteiger partial charge in [0.2, 0.25) is 5.69 Å². The molecule has 2 heterocycles. The minimum atomic E-state index is -0.336. The monoisotopic (exact) mass is 364 g/mol. The molecule has 3 aromatic rings. The maximum absolute atomic E-state index is 12.4. The Bertz CT molecular complexity index is 1000. The first-order valence-corrected chi connectivity index (χ1v) is 9.35. The van der Waals surface area contributed by atoms with Crippen LogP contribution in [0.25, 0.3) is 23.1 Å². The number of nitrogens with two attached hydrogens (primary N) is 1. The van der Waals surface area contributed by atoms with Gasteiger partial charge in [-0.3, -0.25) is 0 Å². The van der Waals surface area contributed by atoms with Crippen molar-refractivity contribution >= 4 is 28.8 Å². The molecule has 0 radical (unpaired) electrons. The molecule has 27 heavy (non-hydrogen) atoms. The topological polar surface area (TPSA) is 63.4 Å². The Morgan fingerprint density at radius 2 is 1.93 bits per heavy atom. The molecule has 0 aliphatic rings. The van der Waals surface area contributed by atoms with Crippen LogP contribution >= 0.6 is 0 Å². The van der Waals surface area contributed by atoms with E-state index in [1.54, 1.807) is 6.08 Å². The van der Waals surface area contributed by atoms with Crippen molar-refractivity contribution in [2.75, 3.05) is 24.5 Å². The lowest BCUT2D eigenvalue weighted by Crippen LogP contribution is -2.39. The molecule has 0 bridgehead atoms. The van der Waals surface area contributed by atoms with Crippen LogP contribution in [0.15, 0.2) is 57.9 Å². The molecule has 0 aliphatic carbocycles. The predicted octanol–water partition coefficient (Wildman–Crippen LogP) is 3.06. The lowest BCUT2D eigenvalue weighted by atomic mass is 10.1. The summed E-state index contributed by atoms with van der Waals surface area (Å²) in [5, 5.41) is 0.910. The van der Waals surface area contributed by atoms with Crippen LogP contribution in [0.5, 0.6) is 0 Å². The number of pyridine rings is 1. The molecular weight excluding hydrogens is 338 g/mol. The van der Waals surface area contributed by atoms with Crippen LogP contribution in [0.4, 0.5) is 5.69 Å². The van der Waals surface area contributed by atoms with Gasteiger partial charge in [0.15, 0.2) is 12.7 Å². The third-order valence-electron chi connectivity index (χ3n) is 4.65. The van der Waals surface area contributed by atoms with E-state index in [1.165, 1.54) is 0 Å². The molecule has 0 amide bonds. The number of rotatable bonds is 7. The number of benzene rings is 1. The molecular formula is C22H26N3O2+. The highest BCUT2D eigenvalue weighted by Gasteiger charge is 2.09. The predicted molar refractivity (Wildman–Crippen MR) is 111 cm³/mol. The minimum Gasteiger partial charge on any atom is -0.422 e. The van der Waals surface area contributed by atoms with Crippen molar-refractivity contribution in [1.29, 1.82) is 0 Å². The Labute approximate surface area is 159 Å². The van der Waals surface area contributed by atoms with Crippen LogP contribution in [0.1, 0.15) is 25.1 Å². The van der Waals surface area contributed by atoms with Crippen LogP contribution in [-0.2, 0) is 6.54 Å². The zero-order chi connectivity index (χ0) is 19.2. The number of anilines is 1. The van der Waals surface area contributed by atoms with E-state index in [-0.39, 0.29) is 5.63 Å². The SMILES string of the molecule is CCN(CC)c1ccc2cc(/C=C/c3cccc[n+]3CCN)c(=O)oc2c1. The van der Waals surface area contributed by atoms with Crippen molar-refractivity contribution < 1.29 is 8.98 Å². The van der Waals surface area contributed by atoms with Gasteiger partial charge < -0.3 is 15.1 Å². The van der Waals surface area contributed by atoms with Crippen molar-refractivity contribution in [3.63, 3.8) is 0 Å². The second kappa shape index (κ2) is 8.64. The van der Waals surface area contributed by atoms with Gasteiger partial charge in [-0.2, -0.15) is 4.57 Å². The summed E-state index contributed by atoms with van der Waals surface area (Å²) in [6, 6.07) is 13.8. The summed E-state index contributed by atoms with van der Waals surface area (Å²) in [5.41, 5.74) is 8.51. The molecule has 0 saturated carbocycles. The second-order valence-corrected chi connectivity index (χ2v) is 6.32. The Morgan fingerprint density at radius 3 is 2.67 bits per heavy atom. The second-order valence-electron chi connectivity index (χ2n) is 6.32. The van der Waals surface area contributed by atoms with Gasteiger partial charge in [0.05, 0.1) is 12.1 Å². The van der Waals surface area contributed by atoms with E-state index in [1.807, 2.05) is 48.7 Å². The Morgan fingerprint density at radius 1 is 1.11 bits per heavy atom. The van der Waals surface area contributed by atoms with Crippen LogP contribution in [-0.4, -0.2) is 19.6 Å². The molecule has 3 rings (SSSR count). The highest BCUT2D eigenvalue weighted by Crippen LogP contribution is 2.22. The fourth-order valence-electron chi connectivity index (χ4n) is 3.18. The summed E-state index contributed by atoms with van der Waals surface area (Å²) in [5.74, 6) is 0. The normalized spacial score (nSPS) is 11.4. The van der Waals surface area contributed by atoms with E-state index in [4.69, 9.17) is 10.2 Å². The van der Waals surface area contributed by atoms with Crippen LogP contribution < -0.4 is 20.8 Å². The Balaban J connectivity index is 1.95. The lowest BCUT2D eigenvalue weighted by molar-refractivity contribution is -0.696. The zero-order valence-corrected chi connectivity index (χ0v) is 15.9. The first-order chi connectivity index (χ1) is 13.2. The molecule has 0 fully saturated rings. The van der Waals surface area contributed by atoms with Crippen molar-refractivity contribution in [1.82, 2.24) is 0 Å². The molecule has 1 aromatic carbocycles. The smallest absolute Gasteiger partial charge is 0.343 e. The third kappa shape index (κ3) is 4.26. The maximum atomic E-state index is 12.4. The number of hydrogen-bond acceptors (Lipinski definition) is 4. The number of hydrogen-bond donors (Lipinski definition) is 1. The van der Waals surface area contributed by atoms with E-state index >= 15 is 0 Å². The molecule has 0 atom stereocenters. The van der Waals surface area contributed by atoms with Gasteiger partial charge in [0.25, 0.3) is 0 Å². The van der Waals surface area contributed by atoms with Gasteiger partial charge in [-0.05, 0) is 44.2 Å². The third-order valence-corrected chi connectivity index (χ3v) is 4.65. The molecule has 2 N–H and O–H groups in total. The molecule has 5 heteroatoms. The maximum Gasteiger partial charge on any atom is 0.343 e. The largest absolute Gasteiger partial charge is 0.422 e. The van der Waals surface area contributed by atoms with Gasteiger partial charge >= 0.3 is 5.63 Å². The van der Waals surface area contributed by atoms with Crippen molar-refractivity contribution in [2.45, 2.75) is 20.4 Å². The van der Waals surface area contributed by atoms with E-state index in [0.29, 0.717) is 17.7 Å². The number of fused-ring (bicyclic) bond motifs is 1. The number of aromatic nitrogens is 1. The highest BCUT2D eigenvalue weighted by atomic mass is 16.4. The molecule has 5 nitrogen and oxygen atoms in total. The Kier molecular flexibility index (Phi) is 6.04. The van der Waals surface area contributed by atoms with Gasteiger partial charge in [-0.1, -0.05) is 0 Å².